The molecule has 0 spiro atoms. The van der Waals surface area contributed by atoms with E-state index in [-0.39, 0.29) is 5.91 Å². The molecule has 4 nitrogen and oxygen atoms in total. The largest absolute Gasteiger partial charge is 0.497 e. The molecule has 3 rings (SSSR count). The highest BCUT2D eigenvalue weighted by atomic mass is 32.1. The van der Waals surface area contributed by atoms with Gasteiger partial charge in [0, 0.05) is 37.4 Å². The number of nitrogens with zero attached hydrogens (tertiary/aromatic N) is 2. The Morgan fingerprint density at radius 3 is 2.54 bits per heavy atom. The molecule has 0 saturated heterocycles. The Morgan fingerprint density at radius 1 is 1.12 bits per heavy atom. The fraction of sp³-hybridized carbons (Fsp3) is 0.238. The highest BCUT2D eigenvalue weighted by Crippen LogP contribution is 2.24. The summed E-state index contributed by atoms with van der Waals surface area (Å²) in [5, 5.41) is 3.02. The van der Waals surface area contributed by atoms with Crippen molar-refractivity contribution >= 4 is 17.2 Å². The zero-order valence-corrected chi connectivity index (χ0v) is 15.8. The summed E-state index contributed by atoms with van der Waals surface area (Å²) in [6, 6.07) is 17.9. The third-order valence-corrected chi connectivity index (χ3v) is 5.09. The Morgan fingerprint density at radius 2 is 1.85 bits per heavy atom. The number of benzene rings is 2. The van der Waals surface area contributed by atoms with Crippen molar-refractivity contribution in [2.45, 2.75) is 19.4 Å². The second-order valence-electron chi connectivity index (χ2n) is 6.09. The lowest BCUT2D eigenvalue weighted by Crippen LogP contribution is -2.26. The van der Waals surface area contributed by atoms with Crippen molar-refractivity contribution in [3.8, 4) is 17.0 Å². The van der Waals surface area contributed by atoms with Gasteiger partial charge in [-0.1, -0.05) is 30.3 Å². The Kier molecular flexibility index (Phi) is 6.02. The zero-order valence-electron chi connectivity index (χ0n) is 15.0. The van der Waals surface area contributed by atoms with E-state index in [1.54, 1.807) is 23.3 Å². The van der Waals surface area contributed by atoms with E-state index in [1.165, 1.54) is 0 Å². The van der Waals surface area contributed by atoms with Gasteiger partial charge in [0.2, 0.25) is 5.91 Å². The van der Waals surface area contributed by atoms with Crippen molar-refractivity contribution in [2.75, 3.05) is 14.2 Å². The molecule has 0 atom stereocenters. The molecule has 0 N–H and O–H groups in total. The molecule has 0 aliphatic carbocycles. The SMILES string of the molecule is COc1ccc(-c2csc(CCC(=O)N(C)Cc3ccccc3)n2)cc1. The maximum Gasteiger partial charge on any atom is 0.223 e. The predicted octanol–water partition coefficient (Wildman–Crippen LogP) is 4.41. The molecule has 0 saturated carbocycles. The van der Waals surface area contributed by atoms with Gasteiger partial charge in [-0.25, -0.2) is 4.98 Å². The maximum absolute atomic E-state index is 12.4. The van der Waals surface area contributed by atoms with Crippen molar-refractivity contribution in [3.05, 3.63) is 70.5 Å². The van der Waals surface area contributed by atoms with Gasteiger partial charge in [0.1, 0.15) is 5.75 Å². The van der Waals surface area contributed by atoms with Crippen molar-refractivity contribution in [2.24, 2.45) is 0 Å². The second-order valence-corrected chi connectivity index (χ2v) is 7.03. The van der Waals surface area contributed by atoms with Crippen LogP contribution in [0.3, 0.4) is 0 Å². The minimum absolute atomic E-state index is 0.134. The zero-order chi connectivity index (χ0) is 18.4. The molecular weight excluding hydrogens is 344 g/mol. The Balaban J connectivity index is 1.54. The van der Waals surface area contributed by atoms with E-state index in [2.05, 4.69) is 4.98 Å². The van der Waals surface area contributed by atoms with Gasteiger partial charge in [0.25, 0.3) is 0 Å². The topological polar surface area (TPSA) is 42.4 Å². The molecule has 0 unspecified atom stereocenters. The number of aryl methyl sites for hydroxylation is 1. The van der Waals surface area contributed by atoms with Gasteiger partial charge in [-0.15, -0.1) is 11.3 Å². The van der Waals surface area contributed by atoms with Gasteiger partial charge >= 0.3 is 0 Å². The van der Waals surface area contributed by atoms with Gasteiger partial charge in [0.15, 0.2) is 0 Å². The summed E-state index contributed by atoms with van der Waals surface area (Å²) < 4.78 is 5.18. The normalized spacial score (nSPS) is 10.5. The minimum atomic E-state index is 0.134. The Labute approximate surface area is 158 Å². The first-order valence-corrected chi connectivity index (χ1v) is 9.40. The third-order valence-electron chi connectivity index (χ3n) is 4.18. The van der Waals surface area contributed by atoms with Crippen molar-refractivity contribution in [1.29, 1.82) is 0 Å². The fourth-order valence-electron chi connectivity index (χ4n) is 2.67. The lowest BCUT2D eigenvalue weighted by Gasteiger charge is -2.16. The molecule has 2 aromatic carbocycles. The van der Waals surface area contributed by atoms with E-state index < -0.39 is 0 Å². The van der Waals surface area contributed by atoms with Gasteiger partial charge < -0.3 is 9.64 Å². The number of amides is 1. The smallest absolute Gasteiger partial charge is 0.223 e. The van der Waals surface area contributed by atoms with Crippen LogP contribution in [0.2, 0.25) is 0 Å². The molecule has 3 aromatic rings. The van der Waals surface area contributed by atoms with Crippen molar-refractivity contribution in [1.82, 2.24) is 9.88 Å². The number of hydrogen-bond donors (Lipinski definition) is 0. The van der Waals surface area contributed by atoms with E-state index in [1.807, 2.05) is 67.0 Å². The summed E-state index contributed by atoms with van der Waals surface area (Å²) in [5.41, 5.74) is 3.14. The number of aromatic nitrogens is 1. The first kappa shape index (κ1) is 18.1. The number of thiazole rings is 1. The van der Waals surface area contributed by atoms with Crippen LogP contribution in [0.4, 0.5) is 0 Å². The van der Waals surface area contributed by atoms with Crippen LogP contribution >= 0.6 is 11.3 Å². The van der Waals surface area contributed by atoms with Crippen molar-refractivity contribution in [3.63, 3.8) is 0 Å². The molecule has 0 aliphatic rings. The van der Waals surface area contributed by atoms with Gasteiger partial charge in [-0.3, -0.25) is 4.79 Å². The molecular formula is C21H22N2O2S. The number of hydrogen-bond acceptors (Lipinski definition) is 4. The predicted molar refractivity (Wildman–Crippen MR) is 105 cm³/mol. The van der Waals surface area contributed by atoms with Gasteiger partial charge in [-0.05, 0) is 29.8 Å². The molecule has 1 amide bonds. The van der Waals surface area contributed by atoms with Crippen LogP contribution in [0, 0.1) is 0 Å². The minimum Gasteiger partial charge on any atom is -0.497 e. The molecule has 1 heterocycles. The lowest BCUT2D eigenvalue weighted by atomic mass is 10.2. The van der Waals surface area contributed by atoms with Crippen molar-refractivity contribution < 1.29 is 9.53 Å². The van der Waals surface area contributed by atoms with Crippen LogP contribution in [0.1, 0.15) is 17.0 Å². The summed E-state index contributed by atoms with van der Waals surface area (Å²) >= 11 is 1.60. The van der Waals surface area contributed by atoms with E-state index in [9.17, 15) is 4.79 Å². The number of carbonyl (C=O) groups excluding carboxylic acids is 1. The quantitative estimate of drug-likeness (QED) is 0.622. The van der Waals surface area contributed by atoms with Crippen LogP contribution in [-0.4, -0.2) is 29.9 Å². The number of methoxy groups -OCH3 is 1. The average Bonchev–Trinajstić information content (AvgIpc) is 3.16. The summed E-state index contributed by atoms with van der Waals surface area (Å²) in [4.78, 5) is 18.8. The highest BCUT2D eigenvalue weighted by molar-refractivity contribution is 7.09. The molecule has 0 bridgehead atoms. The van der Waals surface area contributed by atoms with Crippen LogP contribution in [0.25, 0.3) is 11.3 Å². The molecule has 0 aliphatic heterocycles. The Hall–Kier alpha value is -2.66. The van der Waals surface area contributed by atoms with Crippen LogP contribution in [-0.2, 0) is 17.8 Å². The monoisotopic (exact) mass is 366 g/mol. The van der Waals surface area contributed by atoms with Crippen LogP contribution in [0.15, 0.2) is 60.0 Å². The van der Waals surface area contributed by atoms with E-state index >= 15 is 0 Å². The summed E-state index contributed by atoms with van der Waals surface area (Å²) in [5.74, 6) is 0.964. The summed E-state index contributed by atoms with van der Waals surface area (Å²) in [7, 11) is 3.50. The fourth-order valence-corrected chi connectivity index (χ4v) is 3.48. The summed E-state index contributed by atoms with van der Waals surface area (Å²) in [6.45, 7) is 0.634. The lowest BCUT2D eigenvalue weighted by molar-refractivity contribution is -0.130. The molecule has 134 valence electrons. The summed E-state index contributed by atoms with van der Waals surface area (Å²) in [6.07, 6.45) is 1.14. The average molecular weight is 366 g/mol. The van der Waals surface area contributed by atoms with E-state index in [4.69, 9.17) is 4.74 Å². The number of ether oxygens (including phenoxy) is 1. The second kappa shape index (κ2) is 8.63. The first-order valence-electron chi connectivity index (χ1n) is 8.52. The van der Waals surface area contributed by atoms with Crippen LogP contribution < -0.4 is 4.74 Å². The molecule has 5 heteroatoms. The van der Waals surface area contributed by atoms with Gasteiger partial charge in [-0.2, -0.15) is 0 Å². The van der Waals surface area contributed by atoms with E-state index in [0.29, 0.717) is 19.4 Å². The number of carbonyl (C=O) groups is 1. The molecule has 1 aromatic heterocycles. The maximum atomic E-state index is 12.4. The first-order chi connectivity index (χ1) is 12.7. The molecule has 0 fully saturated rings. The number of rotatable bonds is 7. The highest BCUT2D eigenvalue weighted by Gasteiger charge is 2.11. The van der Waals surface area contributed by atoms with Crippen LogP contribution in [0.5, 0.6) is 5.75 Å². The molecule has 0 radical (unpaired) electrons. The van der Waals surface area contributed by atoms with E-state index in [0.717, 1.165) is 27.6 Å². The third kappa shape index (κ3) is 4.70. The Bertz CT molecular complexity index is 844. The standard InChI is InChI=1S/C21H22N2O2S/c1-23(14-16-6-4-3-5-7-16)21(24)13-12-20-22-19(15-26-20)17-8-10-18(25-2)11-9-17/h3-11,15H,12-14H2,1-2H3. The molecule has 26 heavy (non-hydrogen) atoms. The van der Waals surface area contributed by atoms with Gasteiger partial charge in [0.05, 0.1) is 17.8 Å².